The van der Waals surface area contributed by atoms with E-state index in [1.165, 1.54) is 13.2 Å². The van der Waals surface area contributed by atoms with E-state index >= 15 is 0 Å². The van der Waals surface area contributed by atoms with E-state index in [9.17, 15) is 19.1 Å². The highest BCUT2D eigenvalue weighted by molar-refractivity contribution is 5.95. The molecule has 2 heterocycles. The van der Waals surface area contributed by atoms with Crippen molar-refractivity contribution in [3.63, 3.8) is 0 Å². The van der Waals surface area contributed by atoms with Crippen LogP contribution in [0.25, 0.3) is 0 Å². The second-order valence-electron chi connectivity index (χ2n) is 12.6. The smallest absolute Gasteiger partial charge is 0.308 e. The van der Waals surface area contributed by atoms with Gasteiger partial charge in [0.15, 0.2) is 23.0 Å². The van der Waals surface area contributed by atoms with Gasteiger partial charge in [-0.05, 0) is 79.8 Å². The van der Waals surface area contributed by atoms with Crippen LogP contribution in [-0.4, -0.2) is 74.7 Å². The molecule has 10 nitrogen and oxygen atoms in total. The number of nitrogens with zero attached hydrogens (tertiary/aromatic N) is 2. The first-order valence-electron chi connectivity index (χ1n) is 17.0. The highest BCUT2D eigenvalue weighted by Crippen LogP contribution is 2.47. The topological polar surface area (TPSA) is 107 Å². The third kappa shape index (κ3) is 7.88. The normalized spacial score (nSPS) is 18.5. The Morgan fingerprint density at radius 3 is 2.37 bits per heavy atom. The number of aliphatic carboxylic acids is 1. The maximum absolute atomic E-state index is 14.5. The van der Waals surface area contributed by atoms with Gasteiger partial charge >= 0.3 is 5.97 Å². The summed E-state index contributed by atoms with van der Waals surface area (Å²) in [6.45, 7) is 6.38. The van der Waals surface area contributed by atoms with Crippen LogP contribution in [0.5, 0.6) is 28.7 Å². The first-order chi connectivity index (χ1) is 23.7. The quantitative estimate of drug-likeness (QED) is 0.175. The minimum absolute atomic E-state index is 0.0261. The van der Waals surface area contributed by atoms with Crippen LogP contribution in [0.15, 0.2) is 54.6 Å². The average Bonchev–Trinajstić information content (AvgIpc) is 3.71. The number of carboxylic acids is 1. The number of likely N-dealkylation sites (tertiary alicyclic amines) is 1. The Balaban J connectivity index is 1.50. The number of anilines is 1. The minimum Gasteiger partial charge on any atom is -0.493 e. The number of ether oxygens (including phenoxy) is 5. The fraction of sp³-hybridized carbons (Fsp3) is 0.474. The van der Waals surface area contributed by atoms with Gasteiger partial charge in [-0.15, -0.1) is 0 Å². The number of benzene rings is 3. The highest BCUT2D eigenvalue weighted by atomic mass is 19.1. The van der Waals surface area contributed by atoms with E-state index in [2.05, 4.69) is 13.8 Å². The van der Waals surface area contributed by atoms with Gasteiger partial charge in [0.1, 0.15) is 5.82 Å². The second kappa shape index (κ2) is 16.3. The zero-order valence-corrected chi connectivity index (χ0v) is 28.9. The molecule has 1 saturated heterocycles. The molecule has 1 amide bonds. The van der Waals surface area contributed by atoms with Crippen molar-refractivity contribution in [3.05, 3.63) is 71.5 Å². The van der Waals surface area contributed by atoms with Crippen LogP contribution in [0.2, 0.25) is 0 Å². The summed E-state index contributed by atoms with van der Waals surface area (Å²) < 4.78 is 42.8. The number of halogens is 1. The van der Waals surface area contributed by atoms with Crippen molar-refractivity contribution in [1.82, 2.24) is 4.90 Å². The van der Waals surface area contributed by atoms with Crippen LogP contribution in [0.3, 0.4) is 0 Å². The van der Waals surface area contributed by atoms with E-state index in [-0.39, 0.29) is 37.7 Å². The zero-order chi connectivity index (χ0) is 35.1. The Kier molecular flexibility index (Phi) is 11.9. The van der Waals surface area contributed by atoms with Gasteiger partial charge in [0.2, 0.25) is 18.4 Å². The summed E-state index contributed by atoms with van der Waals surface area (Å²) in [5, 5.41) is 10.8. The lowest BCUT2D eigenvalue weighted by Crippen LogP contribution is -2.48. The first kappa shape index (κ1) is 35.8. The number of hydrogen-bond donors (Lipinski definition) is 1. The highest BCUT2D eigenvalue weighted by Gasteiger charge is 2.48. The standard InChI is InChI=1S/C38H47FN2O8/c1-6-10-26(11-7-2)41(27-14-15-29(39)24(3)18-27)35(42)22-40-21-28(25-19-33(46-5)37-34(20-25)48-23-49-37)36(38(43)44)30(40)16-17-47-32-13-9-8-12-31(32)45-4/h8-9,12-15,18-20,26,28,30,36H,6-7,10-11,16-17,21-23H2,1-5H3,(H,43,44)/t28-,30+,36-/m1/s1. The minimum atomic E-state index is -0.972. The van der Waals surface area contributed by atoms with Gasteiger partial charge in [0, 0.05) is 30.2 Å². The predicted molar refractivity (Wildman–Crippen MR) is 184 cm³/mol. The molecule has 11 heteroatoms. The van der Waals surface area contributed by atoms with E-state index in [0.29, 0.717) is 53.0 Å². The van der Waals surface area contributed by atoms with Gasteiger partial charge in [-0.3, -0.25) is 14.5 Å². The third-order valence-corrected chi connectivity index (χ3v) is 9.52. The fourth-order valence-electron chi connectivity index (χ4n) is 7.24. The molecule has 0 aromatic heterocycles. The summed E-state index contributed by atoms with van der Waals surface area (Å²) in [5.74, 6) is -0.285. The molecule has 3 aromatic carbocycles. The number of methoxy groups -OCH3 is 2. The van der Waals surface area contributed by atoms with Crippen LogP contribution in [0.4, 0.5) is 10.1 Å². The maximum atomic E-state index is 14.5. The van der Waals surface area contributed by atoms with Gasteiger partial charge in [-0.2, -0.15) is 0 Å². The van der Waals surface area contributed by atoms with Gasteiger partial charge in [-0.25, -0.2) is 4.39 Å². The van der Waals surface area contributed by atoms with E-state index in [4.69, 9.17) is 23.7 Å². The number of aryl methyl sites for hydroxylation is 1. The Morgan fingerprint density at radius 1 is 1.00 bits per heavy atom. The summed E-state index contributed by atoms with van der Waals surface area (Å²) in [7, 11) is 3.10. The van der Waals surface area contributed by atoms with E-state index < -0.39 is 23.8 Å². The molecule has 0 saturated carbocycles. The van der Waals surface area contributed by atoms with Crippen LogP contribution in [0, 0.1) is 18.7 Å². The van der Waals surface area contributed by atoms with Gasteiger partial charge < -0.3 is 33.7 Å². The fourth-order valence-corrected chi connectivity index (χ4v) is 7.24. The second-order valence-corrected chi connectivity index (χ2v) is 12.6. The van der Waals surface area contributed by atoms with Crippen molar-refractivity contribution in [2.75, 3.05) is 45.6 Å². The van der Waals surface area contributed by atoms with Crippen molar-refractivity contribution in [1.29, 1.82) is 0 Å². The molecule has 0 aliphatic carbocycles. The van der Waals surface area contributed by atoms with Gasteiger partial charge in [0.05, 0.1) is 33.3 Å². The number of para-hydroxylation sites is 2. The Bertz CT molecular complexity index is 1610. The SMILES string of the molecule is CCCC(CCC)N(C(=O)CN1C[C@H](c2cc(OC)c3c(c2)OCO3)[C@@H](C(=O)O)[C@@H]1CCOc1ccccc1OC)c1ccc(F)c(C)c1. The summed E-state index contributed by atoms with van der Waals surface area (Å²) >= 11 is 0. The predicted octanol–water partition coefficient (Wildman–Crippen LogP) is 6.82. The number of fused-ring (bicyclic) bond motifs is 1. The van der Waals surface area contributed by atoms with E-state index in [1.54, 1.807) is 49.3 Å². The molecule has 0 radical (unpaired) electrons. The lowest BCUT2D eigenvalue weighted by atomic mass is 9.84. The Hall–Kier alpha value is -4.51. The van der Waals surface area contributed by atoms with E-state index in [1.807, 2.05) is 23.1 Å². The number of carbonyl (C=O) groups excluding carboxylic acids is 1. The van der Waals surface area contributed by atoms with E-state index in [0.717, 1.165) is 31.2 Å². The molecule has 264 valence electrons. The lowest BCUT2D eigenvalue weighted by molar-refractivity contribution is -0.143. The number of carboxylic acid groups (broad SMARTS) is 1. The average molecular weight is 679 g/mol. The summed E-state index contributed by atoms with van der Waals surface area (Å²) in [6.07, 6.45) is 3.64. The molecule has 0 bridgehead atoms. The van der Waals surface area contributed by atoms with Gasteiger partial charge in [0.25, 0.3) is 0 Å². The largest absolute Gasteiger partial charge is 0.493 e. The van der Waals surface area contributed by atoms with Crippen LogP contribution >= 0.6 is 0 Å². The monoisotopic (exact) mass is 678 g/mol. The summed E-state index contributed by atoms with van der Waals surface area (Å²) in [5.41, 5.74) is 1.81. The molecular weight excluding hydrogens is 631 g/mol. The van der Waals surface area contributed by atoms with Gasteiger partial charge in [-0.1, -0.05) is 38.8 Å². The molecule has 0 spiro atoms. The molecular formula is C38H47FN2O8. The maximum Gasteiger partial charge on any atom is 0.308 e. The van der Waals surface area contributed by atoms with Crippen molar-refractivity contribution in [2.24, 2.45) is 5.92 Å². The molecule has 2 aliphatic heterocycles. The lowest BCUT2D eigenvalue weighted by Gasteiger charge is -2.35. The Morgan fingerprint density at radius 2 is 1.71 bits per heavy atom. The zero-order valence-electron chi connectivity index (χ0n) is 28.9. The molecule has 5 rings (SSSR count). The third-order valence-electron chi connectivity index (χ3n) is 9.52. The molecule has 49 heavy (non-hydrogen) atoms. The van der Waals surface area contributed by atoms with Crippen LogP contribution < -0.4 is 28.6 Å². The molecule has 1 N–H and O–H groups in total. The van der Waals surface area contributed by atoms with Crippen LogP contribution in [-0.2, 0) is 9.59 Å². The Labute approximate surface area is 287 Å². The van der Waals surface area contributed by atoms with Crippen LogP contribution in [0.1, 0.15) is 63.0 Å². The summed E-state index contributed by atoms with van der Waals surface area (Å²) in [4.78, 5) is 31.4. The van der Waals surface area contributed by atoms with Crippen molar-refractivity contribution in [3.8, 4) is 28.7 Å². The van der Waals surface area contributed by atoms with Crippen molar-refractivity contribution >= 4 is 17.6 Å². The molecule has 3 aromatic rings. The summed E-state index contributed by atoms with van der Waals surface area (Å²) in [6, 6.07) is 15.0. The number of carbonyl (C=O) groups is 2. The molecule has 1 fully saturated rings. The number of rotatable bonds is 16. The first-order valence-corrected chi connectivity index (χ1v) is 17.0. The molecule has 0 unspecified atom stereocenters. The molecule has 3 atom stereocenters. The van der Waals surface area contributed by atoms with Crippen molar-refractivity contribution in [2.45, 2.75) is 70.9 Å². The molecule has 2 aliphatic rings. The van der Waals surface area contributed by atoms with Crippen molar-refractivity contribution < 1.29 is 42.8 Å². The number of amides is 1. The number of hydrogen-bond acceptors (Lipinski definition) is 8.